The monoisotopic (exact) mass is 279 g/mol. The number of nitrogens with one attached hydrogen (secondary N) is 2. The first kappa shape index (κ1) is 15.8. The van der Waals surface area contributed by atoms with E-state index in [4.69, 9.17) is 5.73 Å². The Morgan fingerprint density at radius 3 is 2.65 bits per heavy atom. The van der Waals surface area contributed by atoms with Gasteiger partial charge in [-0.1, -0.05) is 0 Å². The molecule has 0 aliphatic rings. The van der Waals surface area contributed by atoms with Crippen LogP contribution in [0.25, 0.3) is 0 Å². The highest BCUT2D eigenvalue weighted by Crippen LogP contribution is 2.20. The van der Waals surface area contributed by atoms with E-state index >= 15 is 0 Å². The zero-order valence-corrected chi connectivity index (χ0v) is 12.0. The summed E-state index contributed by atoms with van der Waals surface area (Å²) in [5.41, 5.74) is 7.36. The second-order valence-electron chi connectivity index (χ2n) is 4.69. The van der Waals surface area contributed by atoms with Gasteiger partial charge in [0, 0.05) is 19.0 Å². The molecule has 1 aromatic rings. The maximum Gasteiger partial charge on any atom is 0.337 e. The van der Waals surface area contributed by atoms with Crippen LogP contribution in [0.2, 0.25) is 0 Å². The molecule has 0 saturated heterocycles. The molecule has 0 aromatic heterocycles. The number of ether oxygens (including phenoxy) is 1. The Hall–Kier alpha value is -2.24. The molecule has 1 amide bonds. The molecule has 110 valence electrons. The van der Waals surface area contributed by atoms with Crippen molar-refractivity contribution in [2.24, 2.45) is 0 Å². The zero-order chi connectivity index (χ0) is 15.1. The highest BCUT2D eigenvalue weighted by molar-refractivity contribution is 5.92. The minimum atomic E-state index is -0.425. The lowest BCUT2D eigenvalue weighted by molar-refractivity contribution is -0.121. The van der Waals surface area contributed by atoms with E-state index in [1.165, 1.54) is 7.11 Å². The average Bonchev–Trinajstić information content (AvgIpc) is 2.39. The summed E-state index contributed by atoms with van der Waals surface area (Å²) in [6.45, 7) is 4.25. The fourth-order valence-electron chi connectivity index (χ4n) is 1.66. The molecule has 0 bridgehead atoms. The number of esters is 1. The van der Waals surface area contributed by atoms with Crippen molar-refractivity contribution >= 4 is 23.3 Å². The Labute approximate surface area is 118 Å². The molecule has 6 nitrogen and oxygen atoms in total. The summed E-state index contributed by atoms with van der Waals surface area (Å²) in [5, 5.41) is 5.84. The van der Waals surface area contributed by atoms with Crippen LogP contribution in [-0.4, -0.2) is 31.6 Å². The standard InChI is InChI=1S/C14H21N3O3/c1-9(2)17-13(18)6-7-16-12-8-10(14(19)20-3)4-5-11(12)15/h4-5,8-9,16H,6-7,15H2,1-3H3,(H,17,18). The van der Waals surface area contributed by atoms with E-state index in [2.05, 4.69) is 15.4 Å². The second kappa shape index (κ2) is 7.37. The molecule has 1 aromatic carbocycles. The number of rotatable bonds is 6. The molecule has 0 unspecified atom stereocenters. The van der Waals surface area contributed by atoms with E-state index in [-0.39, 0.29) is 11.9 Å². The molecule has 0 radical (unpaired) electrons. The minimum absolute atomic E-state index is 0.0322. The number of hydrogen-bond donors (Lipinski definition) is 3. The number of amides is 1. The lowest BCUT2D eigenvalue weighted by Gasteiger charge is -2.12. The Morgan fingerprint density at radius 1 is 1.35 bits per heavy atom. The smallest absolute Gasteiger partial charge is 0.337 e. The van der Waals surface area contributed by atoms with Gasteiger partial charge in [0.25, 0.3) is 0 Å². The van der Waals surface area contributed by atoms with Crippen molar-refractivity contribution in [1.82, 2.24) is 5.32 Å². The molecular formula is C14H21N3O3. The highest BCUT2D eigenvalue weighted by Gasteiger charge is 2.09. The van der Waals surface area contributed by atoms with Crippen molar-refractivity contribution in [2.75, 3.05) is 24.7 Å². The molecule has 0 saturated carbocycles. The number of nitrogen functional groups attached to an aromatic ring is 1. The zero-order valence-electron chi connectivity index (χ0n) is 12.0. The van der Waals surface area contributed by atoms with E-state index in [1.807, 2.05) is 13.8 Å². The predicted molar refractivity (Wildman–Crippen MR) is 78.6 cm³/mol. The third kappa shape index (κ3) is 4.79. The van der Waals surface area contributed by atoms with Crippen LogP contribution in [0.1, 0.15) is 30.6 Å². The van der Waals surface area contributed by atoms with Gasteiger partial charge in [-0.3, -0.25) is 4.79 Å². The number of anilines is 2. The normalized spacial score (nSPS) is 10.2. The van der Waals surface area contributed by atoms with Crippen LogP contribution in [-0.2, 0) is 9.53 Å². The topological polar surface area (TPSA) is 93.4 Å². The third-order valence-corrected chi connectivity index (χ3v) is 2.59. The SMILES string of the molecule is COC(=O)c1ccc(N)c(NCCC(=O)NC(C)C)c1. The van der Waals surface area contributed by atoms with Crippen LogP contribution in [0.3, 0.4) is 0 Å². The molecule has 20 heavy (non-hydrogen) atoms. The Morgan fingerprint density at radius 2 is 2.05 bits per heavy atom. The fourth-order valence-corrected chi connectivity index (χ4v) is 1.66. The first-order chi connectivity index (χ1) is 9.43. The summed E-state index contributed by atoms with van der Waals surface area (Å²) >= 11 is 0. The van der Waals surface area contributed by atoms with E-state index < -0.39 is 5.97 Å². The van der Waals surface area contributed by atoms with Crippen LogP contribution in [0.5, 0.6) is 0 Å². The van der Waals surface area contributed by atoms with Crippen molar-refractivity contribution in [1.29, 1.82) is 0 Å². The van der Waals surface area contributed by atoms with Crippen molar-refractivity contribution in [2.45, 2.75) is 26.3 Å². The highest BCUT2D eigenvalue weighted by atomic mass is 16.5. The molecule has 6 heteroatoms. The first-order valence-corrected chi connectivity index (χ1v) is 6.45. The van der Waals surface area contributed by atoms with Gasteiger partial charge in [-0.2, -0.15) is 0 Å². The van der Waals surface area contributed by atoms with Crippen molar-refractivity contribution in [3.63, 3.8) is 0 Å². The van der Waals surface area contributed by atoms with E-state index in [0.717, 1.165) is 0 Å². The van der Waals surface area contributed by atoms with Crippen LogP contribution >= 0.6 is 0 Å². The van der Waals surface area contributed by atoms with Crippen LogP contribution < -0.4 is 16.4 Å². The van der Waals surface area contributed by atoms with Crippen LogP contribution in [0, 0.1) is 0 Å². The lowest BCUT2D eigenvalue weighted by atomic mass is 10.1. The maximum absolute atomic E-state index is 11.5. The minimum Gasteiger partial charge on any atom is -0.465 e. The maximum atomic E-state index is 11.5. The first-order valence-electron chi connectivity index (χ1n) is 6.45. The van der Waals surface area contributed by atoms with Gasteiger partial charge in [0.15, 0.2) is 0 Å². The number of benzene rings is 1. The summed E-state index contributed by atoms with van der Waals surface area (Å²) in [4.78, 5) is 22.9. The molecule has 0 atom stereocenters. The molecule has 0 fully saturated rings. The Bertz CT molecular complexity index is 487. The van der Waals surface area contributed by atoms with Gasteiger partial charge in [0.1, 0.15) is 0 Å². The van der Waals surface area contributed by atoms with Crippen molar-refractivity contribution in [3.8, 4) is 0 Å². The van der Waals surface area contributed by atoms with Gasteiger partial charge >= 0.3 is 5.97 Å². The molecule has 0 heterocycles. The molecule has 1 rings (SSSR count). The van der Waals surface area contributed by atoms with Gasteiger partial charge in [-0.15, -0.1) is 0 Å². The number of methoxy groups -OCH3 is 1. The Kier molecular flexibility index (Phi) is 5.83. The summed E-state index contributed by atoms with van der Waals surface area (Å²) < 4.78 is 4.65. The van der Waals surface area contributed by atoms with Crippen LogP contribution in [0.15, 0.2) is 18.2 Å². The van der Waals surface area contributed by atoms with E-state index in [9.17, 15) is 9.59 Å². The van der Waals surface area contributed by atoms with Gasteiger partial charge in [0.2, 0.25) is 5.91 Å². The molecule has 0 aliphatic carbocycles. The number of carbonyl (C=O) groups excluding carboxylic acids is 2. The summed E-state index contributed by atoms with van der Waals surface area (Å²) in [5.74, 6) is -0.458. The van der Waals surface area contributed by atoms with Gasteiger partial charge in [-0.25, -0.2) is 4.79 Å². The van der Waals surface area contributed by atoms with E-state index in [1.54, 1.807) is 18.2 Å². The average molecular weight is 279 g/mol. The van der Waals surface area contributed by atoms with Gasteiger partial charge < -0.3 is 21.1 Å². The molecule has 0 spiro atoms. The van der Waals surface area contributed by atoms with Gasteiger partial charge in [0.05, 0.1) is 24.0 Å². The quantitative estimate of drug-likeness (QED) is 0.540. The van der Waals surface area contributed by atoms with Crippen molar-refractivity contribution in [3.05, 3.63) is 23.8 Å². The largest absolute Gasteiger partial charge is 0.465 e. The van der Waals surface area contributed by atoms with Crippen molar-refractivity contribution < 1.29 is 14.3 Å². The molecule has 0 aliphatic heterocycles. The number of carbonyl (C=O) groups is 2. The number of hydrogen-bond acceptors (Lipinski definition) is 5. The Balaban J connectivity index is 2.59. The molecular weight excluding hydrogens is 258 g/mol. The predicted octanol–water partition coefficient (Wildman–Crippen LogP) is 1.38. The summed E-state index contributed by atoms with van der Waals surface area (Å²) in [7, 11) is 1.32. The second-order valence-corrected chi connectivity index (χ2v) is 4.69. The fraction of sp³-hybridized carbons (Fsp3) is 0.429. The van der Waals surface area contributed by atoms with Gasteiger partial charge in [-0.05, 0) is 32.0 Å². The lowest BCUT2D eigenvalue weighted by Crippen LogP contribution is -2.31. The molecule has 4 N–H and O–H groups in total. The summed E-state index contributed by atoms with van der Waals surface area (Å²) in [6.07, 6.45) is 0.333. The van der Waals surface area contributed by atoms with E-state index in [0.29, 0.717) is 29.9 Å². The third-order valence-electron chi connectivity index (χ3n) is 2.59. The number of nitrogens with two attached hydrogens (primary N) is 1. The summed E-state index contributed by atoms with van der Waals surface area (Å²) in [6, 6.07) is 4.96. The van der Waals surface area contributed by atoms with Crippen LogP contribution in [0.4, 0.5) is 11.4 Å².